The molecule has 3 aromatic heterocycles. The molecule has 0 radical (unpaired) electrons. The van der Waals surface area contributed by atoms with Crippen molar-refractivity contribution >= 4 is 38.7 Å². The molecule has 0 saturated heterocycles. The minimum Gasteiger partial charge on any atom is -0.460 e. The Balaban J connectivity index is 1.81. The molecule has 3 heterocycles. The molecule has 126 valence electrons. The molecule has 0 aliphatic rings. The monoisotopic (exact) mass is 351 g/mol. The SMILES string of the molecule is CCc1cc2c(=O)n(/N=C\c3c(CC)oc4ccccc34)cnc2s1. The van der Waals surface area contributed by atoms with Crippen LogP contribution in [0.5, 0.6) is 0 Å². The highest BCUT2D eigenvalue weighted by Crippen LogP contribution is 2.25. The van der Waals surface area contributed by atoms with E-state index in [2.05, 4.69) is 17.0 Å². The molecule has 6 heteroatoms. The summed E-state index contributed by atoms with van der Waals surface area (Å²) in [5.41, 5.74) is 1.58. The first-order chi connectivity index (χ1) is 12.2. The number of para-hydroxylation sites is 1. The van der Waals surface area contributed by atoms with Crippen LogP contribution >= 0.6 is 11.3 Å². The summed E-state index contributed by atoms with van der Waals surface area (Å²) in [7, 11) is 0. The van der Waals surface area contributed by atoms with Gasteiger partial charge in [-0.15, -0.1) is 11.3 Å². The number of benzene rings is 1. The van der Waals surface area contributed by atoms with E-state index in [9.17, 15) is 4.79 Å². The Labute approximate surface area is 148 Å². The molecule has 0 unspecified atom stereocenters. The highest BCUT2D eigenvalue weighted by atomic mass is 32.1. The zero-order chi connectivity index (χ0) is 17.4. The van der Waals surface area contributed by atoms with E-state index < -0.39 is 0 Å². The van der Waals surface area contributed by atoms with Gasteiger partial charge >= 0.3 is 0 Å². The van der Waals surface area contributed by atoms with Crippen LogP contribution in [0.1, 0.15) is 30.0 Å². The van der Waals surface area contributed by atoms with Crippen LogP contribution < -0.4 is 5.56 Å². The summed E-state index contributed by atoms with van der Waals surface area (Å²) in [6.45, 7) is 4.10. The number of aryl methyl sites for hydroxylation is 2. The molecule has 5 nitrogen and oxygen atoms in total. The Bertz CT molecular complexity index is 1150. The standard InChI is InChI=1S/C19H17N3O2S/c1-3-12-9-14-18(25-12)20-11-22(19(14)23)21-10-15-13-7-5-6-8-17(13)24-16(15)4-2/h5-11H,3-4H2,1-2H3/b21-10-. The molecule has 0 atom stereocenters. The van der Waals surface area contributed by atoms with Crippen LogP contribution in [0.25, 0.3) is 21.2 Å². The molecule has 0 aliphatic heterocycles. The molecule has 0 bridgehead atoms. The van der Waals surface area contributed by atoms with Crippen LogP contribution in [0, 0.1) is 0 Å². The predicted octanol–water partition coefficient (Wildman–Crippen LogP) is 4.21. The van der Waals surface area contributed by atoms with Crippen LogP contribution in [-0.2, 0) is 12.8 Å². The first kappa shape index (κ1) is 15.8. The van der Waals surface area contributed by atoms with Gasteiger partial charge in [0.25, 0.3) is 5.56 Å². The van der Waals surface area contributed by atoms with E-state index in [1.165, 1.54) is 11.0 Å². The molecule has 25 heavy (non-hydrogen) atoms. The molecule has 0 saturated carbocycles. The van der Waals surface area contributed by atoms with Crippen molar-refractivity contribution in [3.63, 3.8) is 0 Å². The van der Waals surface area contributed by atoms with Crippen molar-refractivity contribution in [1.29, 1.82) is 0 Å². The van der Waals surface area contributed by atoms with Crippen LogP contribution in [0.4, 0.5) is 0 Å². The lowest BCUT2D eigenvalue weighted by Gasteiger charge is -1.98. The summed E-state index contributed by atoms with van der Waals surface area (Å²) in [6.07, 6.45) is 4.81. The van der Waals surface area contributed by atoms with Gasteiger partial charge in [0.15, 0.2) is 0 Å². The second kappa shape index (κ2) is 6.29. The normalized spacial score (nSPS) is 11.9. The number of aromatic nitrogens is 2. The van der Waals surface area contributed by atoms with Crippen LogP contribution in [0.2, 0.25) is 0 Å². The number of nitrogens with zero attached hydrogens (tertiary/aromatic N) is 3. The van der Waals surface area contributed by atoms with Crippen molar-refractivity contribution in [2.45, 2.75) is 26.7 Å². The quantitative estimate of drug-likeness (QED) is 0.517. The van der Waals surface area contributed by atoms with Crippen LogP contribution in [0.15, 0.2) is 51.0 Å². The third-order valence-corrected chi connectivity index (χ3v) is 5.37. The smallest absolute Gasteiger partial charge is 0.282 e. The molecule has 0 aliphatic carbocycles. The fraction of sp³-hybridized carbons (Fsp3) is 0.211. The molecular formula is C19H17N3O2S. The predicted molar refractivity (Wildman–Crippen MR) is 102 cm³/mol. The minimum atomic E-state index is -0.150. The van der Waals surface area contributed by atoms with Gasteiger partial charge in [-0.1, -0.05) is 32.0 Å². The van der Waals surface area contributed by atoms with Crippen LogP contribution in [-0.4, -0.2) is 15.9 Å². The number of hydrogen-bond donors (Lipinski definition) is 0. The molecule has 4 aromatic rings. The fourth-order valence-electron chi connectivity index (χ4n) is 2.86. The molecule has 4 rings (SSSR count). The Morgan fingerprint density at radius 1 is 1.24 bits per heavy atom. The summed E-state index contributed by atoms with van der Waals surface area (Å²) >= 11 is 1.55. The summed E-state index contributed by atoms with van der Waals surface area (Å²) in [6, 6.07) is 9.74. The number of thiophene rings is 1. The van der Waals surface area contributed by atoms with Crippen molar-refractivity contribution in [3.8, 4) is 0 Å². The molecule has 0 amide bonds. The summed E-state index contributed by atoms with van der Waals surface area (Å²) in [4.78, 5) is 18.9. The van der Waals surface area contributed by atoms with E-state index in [1.54, 1.807) is 17.6 Å². The van der Waals surface area contributed by atoms with Gasteiger partial charge in [-0.25, -0.2) is 4.98 Å². The molecule has 0 spiro atoms. The van der Waals surface area contributed by atoms with Gasteiger partial charge in [0.05, 0.1) is 11.6 Å². The number of fused-ring (bicyclic) bond motifs is 2. The lowest BCUT2D eigenvalue weighted by atomic mass is 10.1. The number of furan rings is 1. The van der Waals surface area contributed by atoms with E-state index in [0.717, 1.165) is 44.8 Å². The Morgan fingerprint density at radius 2 is 2.08 bits per heavy atom. The first-order valence-electron chi connectivity index (χ1n) is 8.26. The fourth-order valence-corrected chi connectivity index (χ4v) is 3.79. The Kier molecular flexibility index (Phi) is 3.97. The number of rotatable bonds is 4. The van der Waals surface area contributed by atoms with E-state index >= 15 is 0 Å². The summed E-state index contributed by atoms with van der Waals surface area (Å²) < 4.78 is 7.15. The van der Waals surface area contributed by atoms with Gasteiger partial charge < -0.3 is 4.42 Å². The second-order valence-electron chi connectivity index (χ2n) is 5.71. The van der Waals surface area contributed by atoms with Crippen molar-refractivity contribution in [2.24, 2.45) is 5.10 Å². The Morgan fingerprint density at radius 3 is 2.88 bits per heavy atom. The summed E-state index contributed by atoms with van der Waals surface area (Å²) in [5.74, 6) is 0.857. The third kappa shape index (κ3) is 2.68. The third-order valence-electron chi connectivity index (χ3n) is 4.18. The maximum absolute atomic E-state index is 12.6. The first-order valence-corrected chi connectivity index (χ1v) is 9.07. The maximum atomic E-state index is 12.6. The topological polar surface area (TPSA) is 60.4 Å². The van der Waals surface area contributed by atoms with Crippen molar-refractivity contribution < 1.29 is 4.42 Å². The van der Waals surface area contributed by atoms with Gasteiger partial charge in [0.1, 0.15) is 22.5 Å². The zero-order valence-corrected chi connectivity index (χ0v) is 14.8. The lowest BCUT2D eigenvalue weighted by Crippen LogP contribution is -2.16. The Hall–Kier alpha value is -2.73. The van der Waals surface area contributed by atoms with E-state index in [0.29, 0.717) is 5.39 Å². The molecular weight excluding hydrogens is 334 g/mol. The van der Waals surface area contributed by atoms with Gasteiger partial charge in [0, 0.05) is 22.2 Å². The van der Waals surface area contributed by atoms with E-state index in [-0.39, 0.29) is 5.56 Å². The zero-order valence-electron chi connectivity index (χ0n) is 14.0. The highest BCUT2D eigenvalue weighted by molar-refractivity contribution is 7.18. The second-order valence-corrected chi connectivity index (χ2v) is 6.83. The maximum Gasteiger partial charge on any atom is 0.282 e. The molecule has 0 N–H and O–H groups in total. The largest absolute Gasteiger partial charge is 0.460 e. The lowest BCUT2D eigenvalue weighted by molar-refractivity contribution is 0.556. The van der Waals surface area contributed by atoms with Gasteiger partial charge in [0.2, 0.25) is 0 Å². The van der Waals surface area contributed by atoms with Gasteiger partial charge in [-0.05, 0) is 18.6 Å². The average molecular weight is 351 g/mol. The van der Waals surface area contributed by atoms with E-state index in [4.69, 9.17) is 4.42 Å². The van der Waals surface area contributed by atoms with Crippen molar-refractivity contribution in [2.75, 3.05) is 0 Å². The van der Waals surface area contributed by atoms with Crippen molar-refractivity contribution in [3.05, 3.63) is 63.2 Å². The van der Waals surface area contributed by atoms with Gasteiger partial charge in [-0.3, -0.25) is 4.79 Å². The average Bonchev–Trinajstić information content (AvgIpc) is 3.22. The molecule has 1 aromatic carbocycles. The van der Waals surface area contributed by atoms with E-state index in [1.807, 2.05) is 37.3 Å². The minimum absolute atomic E-state index is 0.150. The highest BCUT2D eigenvalue weighted by Gasteiger charge is 2.11. The summed E-state index contributed by atoms with van der Waals surface area (Å²) in [5, 5.41) is 5.97. The molecule has 0 fully saturated rings. The van der Waals surface area contributed by atoms with Crippen molar-refractivity contribution in [1.82, 2.24) is 9.66 Å². The number of hydrogen-bond acceptors (Lipinski definition) is 5. The van der Waals surface area contributed by atoms with Gasteiger partial charge in [-0.2, -0.15) is 9.78 Å². The van der Waals surface area contributed by atoms with Crippen LogP contribution in [0.3, 0.4) is 0 Å².